The number of hydrogen-bond donors (Lipinski definition) is 2. The van der Waals surface area contributed by atoms with Crippen molar-refractivity contribution in [3.8, 4) is 5.75 Å². The highest BCUT2D eigenvalue weighted by atomic mass is 35.5. The molecule has 19 heavy (non-hydrogen) atoms. The fraction of sp³-hybridized carbons (Fsp3) is 0.462. The topological polar surface area (TPSA) is 42.5 Å². The van der Waals surface area contributed by atoms with Crippen LogP contribution in [-0.4, -0.2) is 32.0 Å². The van der Waals surface area contributed by atoms with Crippen LogP contribution < -0.4 is 15.4 Å². The Kier molecular flexibility index (Phi) is 6.34. The largest absolute Gasteiger partial charge is 0.495 e. The molecule has 6 heteroatoms. The first-order valence-corrected chi connectivity index (χ1v) is 6.67. The molecule has 1 unspecified atom stereocenters. The Morgan fingerprint density at radius 3 is 2.68 bits per heavy atom. The lowest BCUT2D eigenvalue weighted by molar-refractivity contribution is 0.179. The van der Waals surface area contributed by atoms with Gasteiger partial charge in [0.15, 0.2) is 5.11 Å². The van der Waals surface area contributed by atoms with Gasteiger partial charge in [0.25, 0.3) is 0 Å². The average Bonchev–Trinajstić information content (AvgIpc) is 2.33. The monoisotopic (exact) mass is 302 g/mol. The van der Waals surface area contributed by atoms with Crippen LogP contribution in [-0.2, 0) is 4.74 Å². The molecule has 0 fully saturated rings. The molecule has 1 atom stereocenters. The van der Waals surface area contributed by atoms with Crippen molar-refractivity contribution < 1.29 is 9.47 Å². The second kappa shape index (κ2) is 7.53. The Hall–Kier alpha value is -1.04. The summed E-state index contributed by atoms with van der Waals surface area (Å²) in [5.74, 6) is 0.652. The smallest absolute Gasteiger partial charge is 0.171 e. The number of ether oxygens (including phenoxy) is 2. The summed E-state index contributed by atoms with van der Waals surface area (Å²) in [5, 5.41) is 7.40. The van der Waals surface area contributed by atoms with Crippen molar-refractivity contribution in [3.63, 3.8) is 0 Å². The van der Waals surface area contributed by atoms with Crippen molar-refractivity contribution in [2.75, 3.05) is 26.1 Å². The predicted molar refractivity (Wildman–Crippen MR) is 83.4 cm³/mol. The lowest BCUT2D eigenvalue weighted by Gasteiger charge is -2.18. The quantitative estimate of drug-likeness (QED) is 0.819. The summed E-state index contributed by atoms with van der Waals surface area (Å²) < 4.78 is 10.3. The van der Waals surface area contributed by atoms with Gasteiger partial charge in [-0.2, -0.15) is 0 Å². The lowest BCUT2D eigenvalue weighted by Crippen LogP contribution is -2.38. The Morgan fingerprint density at radius 1 is 1.42 bits per heavy atom. The highest BCUT2D eigenvalue weighted by Gasteiger charge is 2.10. The number of halogens is 1. The molecular formula is C13H19ClN2O2S. The van der Waals surface area contributed by atoms with E-state index in [1.165, 1.54) is 0 Å². The predicted octanol–water partition coefficient (Wildman–Crippen LogP) is 2.98. The fourth-order valence-corrected chi connectivity index (χ4v) is 2.07. The van der Waals surface area contributed by atoms with Gasteiger partial charge in [0.05, 0.1) is 19.4 Å². The number of methoxy groups -OCH3 is 2. The molecule has 1 aromatic rings. The van der Waals surface area contributed by atoms with Crippen molar-refractivity contribution in [1.82, 2.24) is 5.32 Å². The lowest BCUT2D eigenvalue weighted by atomic mass is 10.2. The van der Waals surface area contributed by atoms with E-state index in [2.05, 4.69) is 10.6 Å². The number of rotatable bonds is 5. The SMILES string of the molecule is COCC(C)NC(=S)Nc1cc(C)c(Cl)cc1OC. The van der Waals surface area contributed by atoms with Crippen LogP contribution >= 0.6 is 23.8 Å². The number of anilines is 1. The van der Waals surface area contributed by atoms with Gasteiger partial charge in [0.1, 0.15) is 5.75 Å². The molecule has 2 N–H and O–H groups in total. The van der Waals surface area contributed by atoms with E-state index >= 15 is 0 Å². The van der Waals surface area contributed by atoms with E-state index in [-0.39, 0.29) is 6.04 Å². The fourth-order valence-electron chi connectivity index (χ4n) is 1.60. The summed E-state index contributed by atoms with van der Waals surface area (Å²) in [6.45, 7) is 4.50. The third-order valence-electron chi connectivity index (χ3n) is 2.52. The molecule has 0 bridgehead atoms. The molecule has 1 rings (SSSR count). The molecular weight excluding hydrogens is 284 g/mol. The standard InChI is InChI=1S/C13H19ClN2O2S/c1-8-5-11(12(18-4)6-10(8)14)16-13(19)15-9(2)7-17-3/h5-6,9H,7H2,1-4H3,(H2,15,16,19). The first-order chi connectivity index (χ1) is 8.97. The molecule has 0 spiro atoms. The maximum Gasteiger partial charge on any atom is 0.171 e. The summed E-state index contributed by atoms with van der Waals surface area (Å²) in [6, 6.07) is 3.79. The molecule has 0 saturated heterocycles. The summed E-state index contributed by atoms with van der Waals surface area (Å²) >= 11 is 11.3. The van der Waals surface area contributed by atoms with Gasteiger partial charge in [-0.05, 0) is 37.7 Å². The Labute approximate surface area is 124 Å². The zero-order chi connectivity index (χ0) is 14.4. The van der Waals surface area contributed by atoms with E-state index in [0.29, 0.717) is 22.5 Å². The molecule has 0 saturated carbocycles. The van der Waals surface area contributed by atoms with Crippen LogP contribution in [0.2, 0.25) is 5.02 Å². The molecule has 106 valence electrons. The Balaban J connectivity index is 2.76. The molecule has 4 nitrogen and oxygen atoms in total. The molecule has 0 amide bonds. The van der Waals surface area contributed by atoms with Gasteiger partial charge >= 0.3 is 0 Å². The van der Waals surface area contributed by atoms with E-state index in [1.807, 2.05) is 19.9 Å². The molecule has 0 aliphatic heterocycles. The minimum absolute atomic E-state index is 0.129. The second-order valence-electron chi connectivity index (χ2n) is 4.26. The van der Waals surface area contributed by atoms with Gasteiger partial charge < -0.3 is 20.1 Å². The van der Waals surface area contributed by atoms with Gasteiger partial charge in [-0.15, -0.1) is 0 Å². The van der Waals surface area contributed by atoms with E-state index in [1.54, 1.807) is 20.3 Å². The maximum absolute atomic E-state index is 6.05. The van der Waals surface area contributed by atoms with Gasteiger partial charge in [-0.1, -0.05) is 11.6 Å². The van der Waals surface area contributed by atoms with Crippen LogP contribution in [0.3, 0.4) is 0 Å². The van der Waals surface area contributed by atoms with E-state index in [4.69, 9.17) is 33.3 Å². The van der Waals surface area contributed by atoms with Crippen LogP contribution in [0.1, 0.15) is 12.5 Å². The Bertz CT molecular complexity index is 455. The molecule has 1 aromatic carbocycles. The third-order valence-corrected chi connectivity index (χ3v) is 3.15. The maximum atomic E-state index is 6.05. The van der Waals surface area contributed by atoms with Gasteiger partial charge in [0.2, 0.25) is 0 Å². The third kappa shape index (κ3) is 4.86. The highest BCUT2D eigenvalue weighted by Crippen LogP contribution is 2.30. The minimum Gasteiger partial charge on any atom is -0.495 e. The summed E-state index contributed by atoms with van der Waals surface area (Å²) in [6.07, 6.45) is 0. The number of nitrogens with one attached hydrogen (secondary N) is 2. The number of aryl methyl sites for hydroxylation is 1. The summed E-state index contributed by atoms with van der Waals surface area (Å²) in [5.41, 5.74) is 1.74. The van der Waals surface area contributed by atoms with E-state index in [9.17, 15) is 0 Å². The van der Waals surface area contributed by atoms with E-state index < -0.39 is 0 Å². The number of benzene rings is 1. The zero-order valence-electron chi connectivity index (χ0n) is 11.5. The first kappa shape index (κ1) is 16.0. The number of thiocarbonyl (C=S) groups is 1. The zero-order valence-corrected chi connectivity index (χ0v) is 13.1. The molecule has 0 aliphatic rings. The minimum atomic E-state index is 0.129. The van der Waals surface area contributed by atoms with Crippen LogP contribution in [0.4, 0.5) is 5.69 Å². The van der Waals surface area contributed by atoms with Crippen molar-refractivity contribution in [3.05, 3.63) is 22.7 Å². The van der Waals surface area contributed by atoms with Gasteiger partial charge in [-0.3, -0.25) is 0 Å². The van der Waals surface area contributed by atoms with Crippen LogP contribution in [0.15, 0.2) is 12.1 Å². The van der Waals surface area contributed by atoms with Crippen molar-refractivity contribution in [1.29, 1.82) is 0 Å². The van der Waals surface area contributed by atoms with Gasteiger partial charge in [-0.25, -0.2) is 0 Å². The Morgan fingerprint density at radius 2 is 2.11 bits per heavy atom. The average molecular weight is 303 g/mol. The number of hydrogen-bond acceptors (Lipinski definition) is 3. The molecule has 0 heterocycles. The van der Waals surface area contributed by atoms with Crippen LogP contribution in [0.25, 0.3) is 0 Å². The van der Waals surface area contributed by atoms with Crippen molar-refractivity contribution in [2.24, 2.45) is 0 Å². The normalized spacial score (nSPS) is 11.8. The van der Waals surface area contributed by atoms with E-state index in [0.717, 1.165) is 11.3 Å². The summed E-state index contributed by atoms with van der Waals surface area (Å²) in [4.78, 5) is 0. The highest BCUT2D eigenvalue weighted by molar-refractivity contribution is 7.80. The first-order valence-electron chi connectivity index (χ1n) is 5.88. The van der Waals surface area contributed by atoms with Crippen LogP contribution in [0.5, 0.6) is 5.75 Å². The molecule has 0 aromatic heterocycles. The summed E-state index contributed by atoms with van der Waals surface area (Å²) in [7, 11) is 3.25. The second-order valence-corrected chi connectivity index (χ2v) is 5.07. The molecule has 0 radical (unpaired) electrons. The van der Waals surface area contributed by atoms with Crippen LogP contribution in [0, 0.1) is 6.92 Å². The van der Waals surface area contributed by atoms with Crippen molar-refractivity contribution in [2.45, 2.75) is 19.9 Å². The van der Waals surface area contributed by atoms with Crippen molar-refractivity contribution >= 4 is 34.6 Å². The van der Waals surface area contributed by atoms with Gasteiger partial charge in [0, 0.05) is 24.2 Å². The molecule has 0 aliphatic carbocycles.